The van der Waals surface area contributed by atoms with Crippen molar-refractivity contribution < 1.29 is 9.53 Å². The van der Waals surface area contributed by atoms with Gasteiger partial charge in [0.05, 0.1) is 0 Å². The monoisotopic (exact) mass is 284 g/mol. The highest BCUT2D eigenvalue weighted by Crippen LogP contribution is 2.23. The van der Waals surface area contributed by atoms with Crippen molar-refractivity contribution in [3.63, 3.8) is 0 Å². The molecule has 1 saturated carbocycles. The Labute approximate surface area is 124 Å². The maximum atomic E-state index is 12.0. The van der Waals surface area contributed by atoms with Crippen LogP contribution in [0.3, 0.4) is 0 Å². The third-order valence-corrected chi connectivity index (χ3v) is 3.78. The first-order chi connectivity index (χ1) is 9.31. The fourth-order valence-corrected chi connectivity index (χ4v) is 2.73. The molecule has 1 aliphatic rings. The second-order valence-corrected chi connectivity index (χ2v) is 6.98. The lowest BCUT2D eigenvalue weighted by Crippen LogP contribution is -2.43. The van der Waals surface area contributed by atoms with E-state index in [-0.39, 0.29) is 6.09 Å². The number of ether oxygens (including phenoxy) is 1. The fourth-order valence-electron chi connectivity index (χ4n) is 2.73. The van der Waals surface area contributed by atoms with E-state index in [1.165, 1.54) is 25.7 Å². The molecule has 4 nitrogen and oxygen atoms in total. The number of rotatable bonds is 5. The molecule has 0 aromatic rings. The van der Waals surface area contributed by atoms with E-state index < -0.39 is 5.60 Å². The van der Waals surface area contributed by atoms with Gasteiger partial charge in [0.15, 0.2) is 0 Å². The minimum absolute atomic E-state index is 0.209. The SMILES string of the molecule is CCN(CCNC1CCCC(C)C1)C(=O)OC(C)(C)C. The molecule has 0 bridgehead atoms. The van der Waals surface area contributed by atoms with Gasteiger partial charge in [0.1, 0.15) is 5.60 Å². The van der Waals surface area contributed by atoms with E-state index in [4.69, 9.17) is 4.74 Å². The summed E-state index contributed by atoms with van der Waals surface area (Å²) in [7, 11) is 0. The van der Waals surface area contributed by atoms with E-state index in [1.807, 2.05) is 27.7 Å². The zero-order chi connectivity index (χ0) is 15.2. The average Bonchev–Trinajstić information content (AvgIpc) is 2.32. The molecular formula is C16H32N2O2. The van der Waals surface area contributed by atoms with Crippen LogP contribution < -0.4 is 5.32 Å². The predicted octanol–water partition coefficient (Wildman–Crippen LogP) is 3.41. The minimum atomic E-state index is -0.420. The molecule has 20 heavy (non-hydrogen) atoms. The third kappa shape index (κ3) is 6.60. The molecule has 0 aromatic carbocycles. The molecule has 0 saturated heterocycles. The fraction of sp³-hybridized carbons (Fsp3) is 0.938. The summed E-state index contributed by atoms with van der Waals surface area (Å²) < 4.78 is 5.41. The summed E-state index contributed by atoms with van der Waals surface area (Å²) in [6, 6.07) is 0.621. The lowest BCUT2D eigenvalue weighted by Gasteiger charge is -2.30. The first kappa shape index (κ1) is 17.3. The van der Waals surface area contributed by atoms with Crippen molar-refractivity contribution in [3.05, 3.63) is 0 Å². The van der Waals surface area contributed by atoms with Gasteiger partial charge < -0.3 is 15.0 Å². The van der Waals surface area contributed by atoms with Gasteiger partial charge >= 0.3 is 6.09 Å². The van der Waals surface area contributed by atoms with Crippen molar-refractivity contribution in [2.45, 2.75) is 71.9 Å². The van der Waals surface area contributed by atoms with Crippen LogP contribution in [0.5, 0.6) is 0 Å². The number of nitrogens with zero attached hydrogens (tertiary/aromatic N) is 1. The molecule has 2 atom stereocenters. The van der Waals surface area contributed by atoms with Crippen LogP contribution in [-0.4, -0.2) is 42.3 Å². The van der Waals surface area contributed by atoms with Crippen LogP contribution in [0.1, 0.15) is 60.3 Å². The van der Waals surface area contributed by atoms with Crippen molar-refractivity contribution in [1.29, 1.82) is 0 Å². The zero-order valence-electron chi connectivity index (χ0n) is 13.9. The van der Waals surface area contributed by atoms with E-state index in [1.54, 1.807) is 4.90 Å². The van der Waals surface area contributed by atoms with Gasteiger partial charge in [0.2, 0.25) is 0 Å². The molecule has 118 valence electrons. The van der Waals surface area contributed by atoms with Gasteiger partial charge in [-0.1, -0.05) is 19.8 Å². The van der Waals surface area contributed by atoms with E-state index in [0.717, 1.165) is 19.0 Å². The number of likely N-dealkylation sites (N-methyl/N-ethyl adjacent to an activating group) is 1. The zero-order valence-corrected chi connectivity index (χ0v) is 13.9. The molecule has 0 aliphatic heterocycles. The van der Waals surface area contributed by atoms with Gasteiger partial charge in [-0.3, -0.25) is 0 Å². The van der Waals surface area contributed by atoms with Crippen LogP contribution in [0.15, 0.2) is 0 Å². The van der Waals surface area contributed by atoms with Crippen molar-refractivity contribution in [2.75, 3.05) is 19.6 Å². The van der Waals surface area contributed by atoms with Gasteiger partial charge in [-0.15, -0.1) is 0 Å². The second-order valence-electron chi connectivity index (χ2n) is 6.98. The van der Waals surface area contributed by atoms with E-state index in [0.29, 0.717) is 12.6 Å². The number of carbonyl (C=O) groups is 1. The first-order valence-corrected chi connectivity index (χ1v) is 8.03. The Hall–Kier alpha value is -0.770. The number of amides is 1. The van der Waals surface area contributed by atoms with Crippen molar-refractivity contribution >= 4 is 6.09 Å². The Morgan fingerprint density at radius 3 is 2.60 bits per heavy atom. The topological polar surface area (TPSA) is 41.6 Å². The lowest BCUT2D eigenvalue weighted by molar-refractivity contribution is 0.0260. The number of carbonyl (C=O) groups excluding carboxylic acids is 1. The maximum Gasteiger partial charge on any atom is 0.410 e. The smallest absolute Gasteiger partial charge is 0.410 e. The summed E-state index contributed by atoms with van der Waals surface area (Å²) in [6.07, 6.45) is 5.00. The van der Waals surface area contributed by atoms with Gasteiger partial charge in [0, 0.05) is 25.7 Å². The summed E-state index contributed by atoms with van der Waals surface area (Å²) in [6.45, 7) is 12.3. The van der Waals surface area contributed by atoms with E-state index in [2.05, 4.69) is 12.2 Å². The van der Waals surface area contributed by atoms with Crippen molar-refractivity contribution in [1.82, 2.24) is 10.2 Å². The molecule has 1 fully saturated rings. The Bertz CT molecular complexity index is 299. The molecule has 1 aliphatic carbocycles. The molecule has 1 rings (SSSR count). The Balaban J connectivity index is 2.28. The molecular weight excluding hydrogens is 252 g/mol. The highest BCUT2D eigenvalue weighted by molar-refractivity contribution is 5.68. The molecule has 0 aromatic heterocycles. The van der Waals surface area contributed by atoms with Crippen LogP contribution in [0.2, 0.25) is 0 Å². The largest absolute Gasteiger partial charge is 0.444 e. The highest BCUT2D eigenvalue weighted by Gasteiger charge is 2.22. The maximum absolute atomic E-state index is 12.0. The molecule has 1 N–H and O–H groups in total. The second kappa shape index (κ2) is 7.87. The summed E-state index contributed by atoms with van der Waals surface area (Å²) in [5.74, 6) is 0.828. The normalized spacial score (nSPS) is 23.4. The minimum Gasteiger partial charge on any atom is -0.444 e. The lowest BCUT2D eigenvalue weighted by atomic mass is 9.87. The van der Waals surface area contributed by atoms with Crippen LogP contribution in [-0.2, 0) is 4.74 Å². The summed E-state index contributed by atoms with van der Waals surface area (Å²) in [5, 5.41) is 3.59. The van der Waals surface area contributed by atoms with E-state index in [9.17, 15) is 4.79 Å². The number of hydrogen-bond acceptors (Lipinski definition) is 3. The van der Waals surface area contributed by atoms with Gasteiger partial charge in [-0.2, -0.15) is 0 Å². The Kier molecular flexibility index (Phi) is 6.80. The van der Waals surface area contributed by atoms with Crippen molar-refractivity contribution in [2.24, 2.45) is 5.92 Å². The van der Waals surface area contributed by atoms with Crippen molar-refractivity contribution in [3.8, 4) is 0 Å². The van der Waals surface area contributed by atoms with E-state index >= 15 is 0 Å². The molecule has 0 spiro atoms. The molecule has 4 heteroatoms. The molecule has 0 radical (unpaired) electrons. The quantitative estimate of drug-likeness (QED) is 0.841. The molecule has 1 amide bonds. The first-order valence-electron chi connectivity index (χ1n) is 8.03. The predicted molar refractivity (Wildman–Crippen MR) is 82.9 cm³/mol. The average molecular weight is 284 g/mol. The summed E-state index contributed by atoms with van der Waals surface area (Å²) in [4.78, 5) is 13.8. The van der Waals surface area contributed by atoms with Gasteiger partial charge in [-0.05, 0) is 46.5 Å². The van der Waals surface area contributed by atoms with Crippen LogP contribution in [0, 0.1) is 5.92 Å². The van der Waals surface area contributed by atoms with Gasteiger partial charge in [0.25, 0.3) is 0 Å². The Morgan fingerprint density at radius 1 is 1.35 bits per heavy atom. The van der Waals surface area contributed by atoms with Crippen LogP contribution in [0.25, 0.3) is 0 Å². The summed E-state index contributed by atoms with van der Waals surface area (Å²) in [5.41, 5.74) is -0.420. The van der Waals surface area contributed by atoms with Crippen LogP contribution in [0.4, 0.5) is 4.79 Å². The summed E-state index contributed by atoms with van der Waals surface area (Å²) >= 11 is 0. The highest BCUT2D eigenvalue weighted by atomic mass is 16.6. The number of hydrogen-bond donors (Lipinski definition) is 1. The standard InChI is InChI=1S/C16H32N2O2/c1-6-18(15(19)20-16(3,4)5)11-10-17-14-9-7-8-13(2)12-14/h13-14,17H,6-12H2,1-5H3. The molecule has 0 heterocycles. The molecule has 2 unspecified atom stereocenters. The van der Waals surface area contributed by atoms with Gasteiger partial charge in [-0.25, -0.2) is 4.79 Å². The van der Waals surface area contributed by atoms with Crippen LogP contribution >= 0.6 is 0 Å². The third-order valence-electron chi connectivity index (χ3n) is 3.78. The Morgan fingerprint density at radius 2 is 2.05 bits per heavy atom. The number of nitrogens with one attached hydrogen (secondary N) is 1.